The lowest BCUT2D eigenvalue weighted by Crippen LogP contribution is -2.53. The third-order valence-electron chi connectivity index (χ3n) is 8.80. The van der Waals surface area contributed by atoms with E-state index in [1.54, 1.807) is 24.3 Å². The van der Waals surface area contributed by atoms with Crippen molar-refractivity contribution in [2.75, 3.05) is 19.8 Å². The largest absolute Gasteiger partial charge is 0.459 e. The number of rotatable bonds is 12. The average Bonchev–Trinajstić information content (AvgIpc) is 3.60. The van der Waals surface area contributed by atoms with Crippen LogP contribution >= 0.6 is 0 Å². The Morgan fingerprint density at radius 2 is 1.43 bits per heavy atom. The highest BCUT2D eigenvalue weighted by Gasteiger charge is 2.45. The van der Waals surface area contributed by atoms with Gasteiger partial charge in [0.25, 0.3) is 5.56 Å². The number of H-pyrrole nitrogens is 1. The number of ether oxygens (including phenoxy) is 3. The molecule has 0 unspecified atom stereocenters. The zero-order valence-electron chi connectivity index (χ0n) is 28.8. The number of aromatic nitrogens is 2. The lowest BCUT2D eigenvalue weighted by atomic mass is 9.76. The quantitative estimate of drug-likeness (QED) is 0.0720. The maximum Gasteiger partial charge on any atom is 0.408 e. The number of carbonyl (C=O) groups is 2. The summed E-state index contributed by atoms with van der Waals surface area (Å²) in [7, 11) is 0. The van der Waals surface area contributed by atoms with Crippen molar-refractivity contribution in [2.24, 2.45) is 0 Å². The topological polar surface area (TPSA) is 141 Å². The van der Waals surface area contributed by atoms with Crippen LogP contribution in [0.2, 0.25) is 0 Å². The maximum absolute atomic E-state index is 13.3. The second kappa shape index (κ2) is 17.2. The van der Waals surface area contributed by atoms with Crippen molar-refractivity contribution >= 4 is 12.1 Å². The number of alkyl carbamates (subject to hydrolysis) is 1. The van der Waals surface area contributed by atoms with Crippen LogP contribution < -0.4 is 21.9 Å². The fourth-order valence-electron chi connectivity index (χ4n) is 6.35. The fourth-order valence-corrected chi connectivity index (χ4v) is 6.35. The van der Waals surface area contributed by atoms with Crippen LogP contribution in [-0.2, 0) is 19.7 Å². The molecule has 11 heteroatoms. The molecule has 0 saturated carbocycles. The Labute approximate surface area is 306 Å². The van der Waals surface area contributed by atoms with E-state index in [-0.39, 0.29) is 31.7 Å². The lowest BCUT2D eigenvalue weighted by Gasteiger charge is -2.40. The minimum Gasteiger partial charge on any atom is -0.459 e. The molecule has 11 nitrogen and oxygen atoms in total. The number of hydrogen-bond acceptors (Lipinski definition) is 8. The lowest BCUT2D eigenvalue weighted by molar-refractivity contribution is -0.0389. The summed E-state index contributed by atoms with van der Waals surface area (Å²) in [4.78, 5) is 53.3. The molecule has 1 aliphatic rings. The van der Waals surface area contributed by atoms with E-state index in [0.717, 1.165) is 16.7 Å². The molecule has 5 aromatic rings. The first kappa shape index (κ1) is 36.3. The maximum atomic E-state index is 13.3. The summed E-state index contributed by atoms with van der Waals surface area (Å²) in [5.41, 5.74) is 0.973. The van der Waals surface area contributed by atoms with Gasteiger partial charge in [-0.05, 0) is 28.8 Å². The Bertz CT molecular complexity index is 2100. The summed E-state index contributed by atoms with van der Waals surface area (Å²) >= 11 is 0. The molecule has 0 aliphatic carbocycles. The molecule has 1 saturated heterocycles. The van der Waals surface area contributed by atoms with E-state index in [2.05, 4.69) is 70.4 Å². The molecule has 6 rings (SSSR count). The van der Waals surface area contributed by atoms with Crippen LogP contribution in [0.5, 0.6) is 0 Å². The summed E-state index contributed by atoms with van der Waals surface area (Å²) < 4.78 is 18.5. The van der Waals surface area contributed by atoms with Gasteiger partial charge in [-0.3, -0.25) is 19.7 Å². The molecule has 0 radical (unpaired) electrons. The molecular formula is C42H38N4O7. The van der Waals surface area contributed by atoms with Crippen molar-refractivity contribution in [1.82, 2.24) is 20.2 Å². The van der Waals surface area contributed by atoms with Crippen LogP contribution in [0.4, 0.5) is 4.79 Å². The van der Waals surface area contributed by atoms with Gasteiger partial charge >= 0.3 is 17.8 Å². The van der Waals surface area contributed by atoms with Gasteiger partial charge in [0.15, 0.2) is 0 Å². The number of nitrogens with one attached hydrogen (secondary N) is 3. The molecule has 3 N–H and O–H groups in total. The van der Waals surface area contributed by atoms with Crippen molar-refractivity contribution in [3.05, 3.63) is 189 Å². The van der Waals surface area contributed by atoms with E-state index in [1.807, 2.05) is 60.7 Å². The van der Waals surface area contributed by atoms with Gasteiger partial charge < -0.3 is 19.5 Å². The summed E-state index contributed by atoms with van der Waals surface area (Å²) in [6.45, 7) is 3.30. The van der Waals surface area contributed by atoms with Gasteiger partial charge in [-0.15, -0.1) is 0 Å². The Hall–Kier alpha value is -6.48. The van der Waals surface area contributed by atoms with Gasteiger partial charge in [0.05, 0.1) is 17.6 Å². The van der Waals surface area contributed by atoms with Crippen molar-refractivity contribution < 1.29 is 23.8 Å². The highest BCUT2D eigenvalue weighted by atomic mass is 16.6. The molecule has 1 amide bonds. The molecular weight excluding hydrogens is 672 g/mol. The molecule has 53 heavy (non-hydrogen) atoms. The second-order valence-electron chi connectivity index (χ2n) is 12.2. The van der Waals surface area contributed by atoms with Crippen molar-refractivity contribution in [2.45, 2.75) is 30.3 Å². The predicted molar refractivity (Wildman–Crippen MR) is 199 cm³/mol. The Kier molecular flexibility index (Phi) is 11.8. The molecule has 4 aromatic carbocycles. The van der Waals surface area contributed by atoms with Crippen LogP contribution in [0, 0.1) is 11.8 Å². The van der Waals surface area contributed by atoms with Crippen LogP contribution in [0.15, 0.2) is 150 Å². The van der Waals surface area contributed by atoms with E-state index in [9.17, 15) is 19.2 Å². The van der Waals surface area contributed by atoms with Gasteiger partial charge in [-0.25, -0.2) is 14.4 Å². The Morgan fingerprint density at radius 3 is 2.00 bits per heavy atom. The van der Waals surface area contributed by atoms with Crippen LogP contribution in [0.3, 0.4) is 0 Å². The van der Waals surface area contributed by atoms with Crippen LogP contribution in [0.25, 0.3) is 0 Å². The molecule has 2 heterocycles. The summed E-state index contributed by atoms with van der Waals surface area (Å²) in [6.07, 6.45) is 0.711. The second-order valence-corrected chi connectivity index (χ2v) is 12.2. The summed E-state index contributed by atoms with van der Waals surface area (Å²) in [5.74, 6) is 4.90. The highest BCUT2D eigenvalue weighted by molar-refractivity contribution is 5.89. The Balaban J connectivity index is 1.37. The number of esters is 1. The number of nitrogens with zero attached hydrogens (tertiary/aromatic N) is 1. The number of benzene rings is 4. The third-order valence-corrected chi connectivity index (χ3v) is 8.80. The van der Waals surface area contributed by atoms with Gasteiger partial charge in [0.1, 0.15) is 31.1 Å². The molecule has 3 atom stereocenters. The number of carbonyl (C=O) groups excluding carboxylic acids is 2. The SMILES string of the molecule is C=CCOC(=O)NCC#Cc1cn([C@H]2C[C@H](NC(c3ccccc3)(c3ccccc3)c3ccccc3)[C@@H](COC(=O)c3ccccc3)O2)c(=O)[nH]c1=O. The normalized spacial score (nSPS) is 16.5. The van der Waals surface area contributed by atoms with Crippen LogP contribution in [-0.4, -0.2) is 53.5 Å². The van der Waals surface area contributed by atoms with E-state index in [0.29, 0.717) is 5.56 Å². The van der Waals surface area contributed by atoms with Gasteiger partial charge in [0, 0.05) is 18.7 Å². The zero-order chi connectivity index (χ0) is 37.0. The first-order valence-corrected chi connectivity index (χ1v) is 17.1. The monoisotopic (exact) mass is 710 g/mol. The number of aromatic amines is 1. The molecule has 0 spiro atoms. The minimum absolute atomic E-state index is 0.00914. The fraction of sp³-hybridized carbons (Fsp3) is 0.190. The number of hydrogen-bond donors (Lipinski definition) is 3. The predicted octanol–water partition coefficient (Wildman–Crippen LogP) is 4.90. The number of amides is 1. The first-order valence-electron chi connectivity index (χ1n) is 17.1. The van der Waals surface area contributed by atoms with Gasteiger partial charge in [0.2, 0.25) is 0 Å². The van der Waals surface area contributed by atoms with E-state index >= 15 is 0 Å². The zero-order valence-corrected chi connectivity index (χ0v) is 28.8. The van der Waals surface area contributed by atoms with Crippen molar-refractivity contribution in [3.63, 3.8) is 0 Å². The van der Waals surface area contributed by atoms with Gasteiger partial charge in [-0.2, -0.15) is 0 Å². The first-order chi connectivity index (χ1) is 25.9. The molecule has 1 fully saturated rings. The average molecular weight is 711 g/mol. The summed E-state index contributed by atoms with van der Waals surface area (Å²) in [6, 6.07) is 38.2. The molecule has 0 bridgehead atoms. The minimum atomic E-state index is -0.902. The third kappa shape index (κ3) is 8.53. The highest BCUT2D eigenvalue weighted by Crippen LogP contribution is 2.40. The standard InChI is InChI=1S/C42H38N4O7/c1-2-26-51-41(50)43-25-15-18-31-28-46(40(49)44-38(31)47)37-27-35(36(53-37)29-52-39(48)30-16-7-3-8-17-30)45-42(32-19-9-4-10-20-32,33-21-11-5-12-22-33)34-23-13-6-14-24-34/h2-14,16-17,19-24,28,35-37,45H,1,25-27,29H2,(H,43,50)(H,44,47,49)/t35-,36+,37+/m0/s1. The van der Waals surface area contributed by atoms with E-state index in [4.69, 9.17) is 14.2 Å². The molecule has 1 aromatic heterocycles. The van der Waals surface area contributed by atoms with Gasteiger partial charge in [-0.1, -0.05) is 134 Å². The smallest absolute Gasteiger partial charge is 0.408 e. The van der Waals surface area contributed by atoms with E-state index < -0.39 is 47.2 Å². The summed E-state index contributed by atoms with van der Waals surface area (Å²) in [5, 5.41) is 6.37. The molecule has 268 valence electrons. The van der Waals surface area contributed by atoms with Crippen molar-refractivity contribution in [3.8, 4) is 11.8 Å². The molecule has 1 aliphatic heterocycles. The van der Waals surface area contributed by atoms with E-state index in [1.165, 1.54) is 16.8 Å². The van der Waals surface area contributed by atoms with Crippen LogP contribution in [0.1, 0.15) is 45.3 Å². The van der Waals surface area contributed by atoms with Crippen molar-refractivity contribution in [1.29, 1.82) is 0 Å². The Morgan fingerprint density at radius 1 is 0.868 bits per heavy atom.